The minimum Gasteiger partial charge on any atom is -0.496 e. The summed E-state index contributed by atoms with van der Waals surface area (Å²) in [5, 5.41) is 1.08. The molecule has 0 aromatic heterocycles. The molecule has 120 valence electrons. The molecule has 0 aliphatic rings. The summed E-state index contributed by atoms with van der Waals surface area (Å²) < 4.78 is 5.46. The molecule has 0 spiro atoms. The topological polar surface area (TPSA) is 12.5 Å². The van der Waals surface area contributed by atoms with Gasteiger partial charge in [0.15, 0.2) is 0 Å². The average Bonchev–Trinajstić information content (AvgIpc) is 2.48. The Balaban J connectivity index is 2.75. The minimum absolute atomic E-state index is 0.389. The highest BCUT2D eigenvalue weighted by molar-refractivity contribution is 9.09. The summed E-state index contributed by atoms with van der Waals surface area (Å²) >= 11 is 3.77. The van der Waals surface area contributed by atoms with Crippen LogP contribution in [0.15, 0.2) is 24.3 Å². The van der Waals surface area contributed by atoms with Gasteiger partial charge in [-0.25, -0.2) is 0 Å². The number of hydrogen-bond acceptors (Lipinski definition) is 2. The molecule has 0 radical (unpaired) electrons. The number of hydrogen-bond donors (Lipinski definition) is 0. The molecule has 0 bridgehead atoms. The molecule has 1 aromatic carbocycles. The van der Waals surface area contributed by atoms with Gasteiger partial charge in [-0.05, 0) is 31.4 Å². The fourth-order valence-electron chi connectivity index (χ4n) is 3.27. The van der Waals surface area contributed by atoms with Crippen LogP contribution in [-0.2, 0) is 6.54 Å². The normalized spacial score (nSPS) is 11.9. The Hall–Kier alpha value is -0.540. The number of methoxy groups -OCH3 is 1. The number of benzene rings is 1. The van der Waals surface area contributed by atoms with Crippen molar-refractivity contribution in [2.75, 3.05) is 26.0 Å². The lowest BCUT2D eigenvalue weighted by Gasteiger charge is -2.36. The number of para-hydroxylation sites is 1. The third-order valence-corrected chi connectivity index (χ3v) is 5.27. The van der Waals surface area contributed by atoms with E-state index in [0.29, 0.717) is 5.41 Å². The first-order valence-corrected chi connectivity index (χ1v) is 9.09. The molecule has 2 nitrogen and oxygen atoms in total. The lowest BCUT2D eigenvalue weighted by atomic mass is 9.80. The van der Waals surface area contributed by atoms with Crippen LogP contribution in [0.2, 0.25) is 0 Å². The van der Waals surface area contributed by atoms with E-state index in [9.17, 15) is 0 Å². The third-order valence-electron chi connectivity index (χ3n) is 4.08. The summed E-state index contributed by atoms with van der Waals surface area (Å²) in [7, 11) is 3.96. The molecule has 0 aliphatic heterocycles. The largest absolute Gasteiger partial charge is 0.496 e. The van der Waals surface area contributed by atoms with Gasteiger partial charge in [0, 0.05) is 24.0 Å². The Morgan fingerprint density at radius 3 is 2.29 bits per heavy atom. The van der Waals surface area contributed by atoms with Gasteiger partial charge in [-0.3, -0.25) is 0 Å². The monoisotopic (exact) mass is 355 g/mol. The van der Waals surface area contributed by atoms with Crippen molar-refractivity contribution in [1.82, 2.24) is 4.90 Å². The van der Waals surface area contributed by atoms with E-state index in [2.05, 4.69) is 53.9 Å². The van der Waals surface area contributed by atoms with E-state index >= 15 is 0 Å². The van der Waals surface area contributed by atoms with Gasteiger partial charge >= 0.3 is 0 Å². The fraction of sp³-hybridized carbons (Fsp3) is 0.667. The number of ether oxygens (including phenoxy) is 1. The molecule has 0 unspecified atom stereocenters. The summed E-state index contributed by atoms with van der Waals surface area (Å²) in [5.74, 6) is 0.986. The van der Waals surface area contributed by atoms with Crippen LogP contribution in [0.25, 0.3) is 0 Å². The maximum Gasteiger partial charge on any atom is 0.123 e. The molecular formula is C18H30BrNO. The lowest BCUT2D eigenvalue weighted by Crippen LogP contribution is -2.36. The van der Waals surface area contributed by atoms with Crippen molar-refractivity contribution >= 4 is 15.9 Å². The third kappa shape index (κ3) is 5.63. The molecule has 0 aliphatic carbocycles. The average molecular weight is 356 g/mol. The van der Waals surface area contributed by atoms with Gasteiger partial charge in [-0.1, -0.05) is 60.8 Å². The van der Waals surface area contributed by atoms with Crippen LogP contribution in [0.4, 0.5) is 0 Å². The molecule has 3 heteroatoms. The molecule has 0 heterocycles. The van der Waals surface area contributed by atoms with Crippen molar-refractivity contribution in [2.45, 2.75) is 46.1 Å². The Kier molecular flexibility index (Phi) is 8.35. The summed E-state index contributed by atoms with van der Waals surface area (Å²) in [6.07, 6.45) is 5.05. The Labute approximate surface area is 139 Å². The molecular weight excluding hydrogens is 326 g/mol. The quantitative estimate of drug-likeness (QED) is 0.540. The second-order valence-corrected chi connectivity index (χ2v) is 6.68. The first kappa shape index (κ1) is 18.5. The molecule has 1 rings (SSSR count). The van der Waals surface area contributed by atoms with Crippen molar-refractivity contribution in [2.24, 2.45) is 5.41 Å². The van der Waals surface area contributed by atoms with Crippen molar-refractivity contribution < 1.29 is 4.74 Å². The van der Waals surface area contributed by atoms with Crippen LogP contribution in [0, 0.1) is 5.41 Å². The maximum atomic E-state index is 5.46. The molecule has 1 aromatic rings. The van der Waals surface area contributed by atoms with Crippen molar-refractivity contribution in [3.05, 3.63) is 29.8 Å². The van der Waals surface area contributed by atoms with Crippen molar-refractivity contribution in [3.63, 3.8) is 0 Å². The highest BCUT2D eigenvalue weighted by atomic mass is 79.9. The van der Waals surface area contributed by atoms with Crippen molar-refractivity contribution in [1.29, 1.82) is 0 Å². The molecule has 0 amide bonds. The zero-order chi connectivity index (χ0) is 15.7. The predicted molar refractivity (Wildman–Crippen MR) is 95.4 cm³/mol. The van der Waals surface area contributed by atoms with Gasteiger partial charge < -0.3 is 9.64 Å². The van der Waals surface area contributed by atoms with Crippen LogP contribution in [0.3, 0.4) is 0 Å². The SMILES string of the molecule is CCCC(CBr)(CCC)CN(C)Cc1ccccc1OC. The van der Waals surface area contributed by atoms with Gasteiger partial charge in [0.05, 0.1) is 7.11 Å². The van der Waals surface area contributed by atoms with Gasteiger partial charge in [-0.15, -0.1) is 0 Å². The smallest absolute Gasteiger partial charge is 0.123 e. The van der Waals surface area contributed by atoms with Crippen molar-refractivity contribution in [3.8, 4) is 5.75 Å². The Morgan fingerprint density at radius 1 is 1.14 bits per heavy atom. The van der Waals surface area contributed by atoms with E-state index in [1.165, 1.54) is 31.2 Å². The van der Waals surface area contributed by atoms with Crippen LogP contribution in [0.5, 0.6) is 5.75 Å². The minimum atomic E-state index is 0.389. The Bertz CT molecular complexity index is 402. The fourth-order valence-corrected chi connectivity index (χ4v) is 4.01. The highest BCUT2D eigenvalue weighted by Gasteiger charge is 2.28. The summed E-state index contributed by atoms with van der Waals surface area (Å²) in [5.41, 5.74) is 1.65. The molecule has 0 fully saturated rings. The van der Waals surface area contributed by atoms with Gasteiger partial charge in [0.2, 0.25) is 0 Å². The van der Waals surface area contributed by atoms with E-state index in [0.717, 1.165) is 24.2 Å². The maximum absolute atomic E-state index is 5.46. The first-order valence-electron chi connectivity index (χ1n) is 7.97. The van der Waals surface area contributed by atoms with E-state index in [4.69, 9.17) is 4.74 Å². The first-order chi connectivity index (χ1) is 10.1. The summed E-state index contributed by atoms with van der Waals surface area (Å²) in [6.45, 7) is 6.63. The molecule has 0 saturated carbocycles. The Morgan fingerprint density at radius 2 is 1.76 bits per heavy atom. The van der Waals surface area contributed by atoms with E-state index < -0.39 is 0 Å². The van der Waals surface area contributed by atoms with E-state index in [1.54, 1.807) is 7.11 Å². The lowest BCUT2D eigenvalue weighted by molar-refractivity contribution is 0.165. The summed E-state index contributed by atoms with van der Waals surface area (Å²) in [6, 6.07) is 8.31. The number of halogens is 1. The number of alkyl halides is 1. The van der Waals surface area contributed by atoms with Gasteiger partial charge in [-0.2, -0.15) is 0 Å². The zero-order valence-electron chi connectivity index (χ0n) is 14.0. The zero-order valence-corrected chi connectivity index (χ0v) is 15.6. The van der Waals surface area contributed by atoms with Crippen LogP contribution in [-0.4, -0.2) is 30.9 Å². The number of rotatable bonds is 10. The van der Waals surface area contributed by atoms with Crippen LogP contribution in [0.1, 0.15) is 45.1 Å². The van der Waals surface area contributed by atoms with Gasteiger partial charge in [0.1, 0.15) is 5.75 Å². The standard InChI is InChI=1S/C18H30BrNO/c1-5-11-18(14-19,12-6-2)15-20(3)13-16-9-7-8-10-17(16)21-4/h7-10H,5-6,11-15H2,1-4H3. The second kappa shape index (κ2) is 9.47. The number of nitrogens with zero attached hydrogens (tertiary/aromatic N) is 1. The van der Waals surface area contributed by atoms with Crippen LogP contribution >= 0.6 is 15.9 Å². The van der Waals surface area contributed by atoms with E-state index in [-0.39, 0.29) is 0 Å². The molecule has 0 N–H and O–H groups in total. The highest BCUT2D eigenvalue weighted by Crippen LogP contribution is 2.33. The second-order valence-electron chi connectivity index (χ2n) is 6.12. The van der Waals surface area contributed by atoms with Gasteiger partial charge in [0.25, 0.3) is 0 Å². The molecule has 21 heavy (non-hydrogen) atoms. The van der Waals surface area contributed by atoms with E-state index in [1.807, 2.05) is 12.1 Å². The summed E-state index contributed by atoms with van der Waals surface area (Å²) in [4.78, 5) is 2.43. The van der Waals surface area contributed by atoms with Crippen LogP contribution < -0.4 is 4.74 Å². The molecule has 0 saturated heterocycles. The predicted octanol–water partition coefficient (Wildman–Crippen LogP) is 5.11. The molecule has 0 atom stereocenters.